The van der Waals surface area contributed by atoms with Crippen LogP contribution in [0.4, 0.5) is 0 Å². The average molecular weight is 472 g/mol. The number of imidazole rings is 1. The molecule has 0 radical (unpaired) electrons. The lowest BCUT2D eigenvalue weighted by Gasteiger charge is -2.15. The van der Waals surface area contributed by atoms with Crippen LogP contribution in [0, 0.1) is 0 Å². The molecule has 2 aromatic heterocycles. The van der Waals surface area contributed by atoms with Gasteiger partial charge in [-0.25, -0.2) is 4.98 Å². The molecule has 166 valence electrons. The van der Waals surface area contributed by atoms with Crippen molar-refractivity contribution in [2.24, 2.45) is 0 Å². The zero-order valence-corrected chi connectivity index (χ0v) is 18.7. The Hall–Kier alpha value is -2.10. The number of aliphatic hydroxyl groups is 1. The largest absolute Gasteiger partial charge is 0.456 e. The number of allylic oxidation sites excluding steroid dienone is 1. The second kappa shape index (κ2) is 8.35. The Labute approximate surface area is 194 Å². The van der Waals surface area contributed by atoms with E-state index in [0.29, 0.717) is 34.5 Å². The van der Waals surface area contributed by atoms with Gasteiger partial charge in [0.05, 0.1) is 29.4 Å². The fourth-order valence-electron chi connectivity index (χ4n) is 4.47. The zero-order valence-electron chi connectivity index (χ0n) is 17.2. The van der Waals surface area contributed by atoms with Crippen molar-refractivity contribution in [3.63, 3.8) is 0 Å². The normalized spacial score (nSPS) is 27.5. The number of rotatable bonds is 4. The third-order valence-electron chi connectivity index (χ3n) is 6.14. The van der Waals surface area contributed by atoms with E-state index < -0.39 is 6.10 Å². The van der Waals surface area contributed by atoms with Crippen LogP contribution in [0.3, 0.4) is 0 Å². The van der Waals surface area contributed by atoms with Gasteiger partial charge in [-0.15, -0.1) is 0 Å². The minimum absolute atomic E-state index is 0.255. The first-order valence-corrected chi connectivity index (χ1v) is 12.2. The van der Waals surface area contributed by atoms with Crippen LogP contribution in [-0.2, 0) is 9.47 Å². The quantitative estimate of drug-likeness (QED) is 0.599. The highest BCUT2D eigenvalue weighted by Crippen LogP contribution is 2.33. The van der Waals surface area contributed by atoms with Gasteiger partial charge in [-0.2, -0.15) is 16.7 Å². The van der Waals surface area contributed by atoms with Crippen LogP contribution in [0.25, 0.3) is 28.0 Å². The van der Waals surface area contributed by atoms with Gasteiger partial charge in [0, 0.05) is 11.3 Å². The summed E-state index contributed by atoms with van der Waals surface area (Å²) in [4.78, 5) is 12.3. The maximum atomic E-state index is 9.90. The van der Waals surface area contributed by atoms with Crippen molar-refractivity contribution in [1.29, 1.82) is 0 Å². The van der Waals surface area contributed by atoms with Crippen molar-refractivity contribution in [1.82, 2.24) is 15.0 Å². The maximum absolute atomic E-state index is 9.90. The van der Waals surface area contributed by atoms with Crippen LogP contribution in [0.15, 0.2) is 36.4 Å². The van der Waals surface area contributed by atoms with Crippen LogP contribution in [0.5, 0.6) is 6.01 Å². The number of halogens is 1. The average Bonchev–Trinajstić information content (AvgIpc) is 3.51. The van der Waals surface area contributed by atoms with Gasteiger partial charge in [0.15, 0.2) is 11.8 Å². The molecule has 32 heavy (non-hydrogen) atoms. The molecule has 2 saturated heterocycles. The lowest BCUT2D eigenvalue weighted by Crippen LogP contribution is -2.34. The molecule has 0 aliphatic carbocycles. The summed E-state index contributed by atoms with van der Waals surface area (Å²) in [5.74, 6) is 2.24. The molecule has 3 aliphatic heterocycles. The summed E-state index contributed by atoms with van der Waals surface area (Å²) in [6.07, 6.45) is 1.79. The number of nitrogens with one attached hydrogen (secondary N) is 1. The fraction of sp³-hybridized carbons (Fsp3) is 0.391. The fourth-order valence-corrected chi connectivity index (χ4v) is 5.58. The topological polar surface area (TPSA) is 89.5 Å². The molecule has 0 spiro atoms. The Morgan fingerprint density at radius 2 is 1.91 bits per heavy atom. The summed E-state index contributed by atoms with van der Waals surface area (Å²) in [6.45, 7) is 0.592. The molecule has 1 aromatic carbocycles. The van der Waals surface area contributed by atoms with E-state index in [1.54, 1.807) is 0 Å². The van der Waals surface area contributed by atoms with Crippen LogP contribution in [0.1, 0.15) is 12.0 Å². The number of aromatic nitrogens is 3. The SMILES string of the molecule is OC1COC2C(Oc3nc4nc(-c5ccc(C6=CCSCC6)cc5)c(Cl)cc4[nH]3)COC12. The number of thioether (sulfide) groups is 1. The second-order valence-corrected chi connectivity index (χ2v) is 9.74. The molecule has 2 fully saturated rings. The van der Waals surface area contributed by atoms with E-state index in [9.17, 15) is 5.11 Å². The smallest absolute Gasteiger partial charge is 0.296 e. The van der Waals surface area contributed by atoms with Crippen LogP contribution in [-0.4, -0.2) is 69.2 Å². The van der Waals surface area contributed by atoms with Crippen molar-refractivity contribution in [2.45, 2.75) is 30.8 Å². The van der Waals surface area contributed by atoms with E-state index in [4.69, 9.17) is 25.8 Å². The Balaban J connectivity index is 1.24. The molecule has 0 bridgehead atoms. The number of fused-ring (bicyclic) bond motifs is 2. The Kier molecular flexibility index (Phi) is 5.35. The van der Waals surface area contributed by atoms with Gasteiger partial charge in [-0.3, -0.25) is 0 Å². The number of aliphatic hydroxyl groups excluding tert-OH is 1. The summed E-state index contributed by atoms with van der Waals surface area (Å²) < 4.78 is 17.2. The summed E-state index contributed by atoms with van der Waals surface area (Å²) in [7, 11) is 0. The molecule has 0 saturated carbocycles. The number of hydrogen-bond donors (Lipinski definition) is 2. The van der Waals surface area contributed by atoms with Crippen molar-refractivity contribution < 1.29 is 19.3 Å². The lowest BCUT2D eigenvalue weighted by atomic mass is 10.0. The minimum Gasteiger partial charge on any atom is -0.456 e. The van der Waals surface area contributed by atoms with Crippen molar-refractivity contribution >= 4 is 40.1 Å². The highest BCUT2D eigenvalue weighted by Gasteiger charge is 2.48. The first-order valence-electron chi connectivity index (χ1n) is 10.7. The summed E-state index contributed by atoms with van der Waals surface area (Å²) in [5.41, 5.74) is 5.49. The van der Waals surface area contributed by atoms with E-state index in [-0.39, 0.29) is 24.9 Å². The Morgan fingerprint density at radius 1 is 1.09 bits per heavy atom. The number of hydrogen-bond acceptors (Lipinski definition) is 7. The van der Waals surface area contributed by atoms with Crippen LogP contribution in [0.2, 0.25) is 5.02 Å². The Bertz CT molecular complexity index is 1180. The van der Waals surface area contributed by atoms with E-state index in [1.807, 2.05) is 17.8 Å². The van der Waals surface area contributed by atoms with Gasteiger partial charge in [0.2, 0.25) is 0 Å². The van der Waals surface area contributed by atoms with E-state index >= 15 is 0 Å². The number of benzene rings is 1. The molecule has 9 heteroatoms. The molecule has 7 nitrogen and oxygen atoms in total. The molecule has 2 N–H and O–H groups in total. The van der Waals surface area contributed by atoms with Crippen molar-refractivity contribution in [2.75, 3.05) is 24.7 Å². The molecule has 5 heterocycles. The van der Waals surface area contributed by atoms with Gasteiger partial charge < -0.3 is 24.3 Å². The lowest BCUT2D eigenvalue weighted by molar-refractivity contribution is 0.00706. The van der Waals surface area contributed by atoms with E-state index in [1.165, 1.54) is 16.9 Å². The first-order chi connectivity index (χ1) is 15.7. The molecule has 3 aromatic rings. The van der Waals surface area contributed by atoms with Gasteiger partial charge in [0.25, 0.3) is 6.01 Å². The summed E-state index contributed by atoms with van der Waals surface area (Å²) in [5, 5.41) is 10.4. The molecular formula is C23H22ClN3O4S. The molecule has 4 unspecified atom stereocenters. The summed E-state index contributed by atoms with van der Waals surface area (Å²) in [6, 6.07) is 10.5. The second-order valence-electron chi connectivity index (χ2n) is 8.18. The Morgan fingerprint density at radius 3 is 2.72 bits per heavy atom. The van der Waals surface area contributed by atoms with E-state index in [2.05, 4.69) is 45.3 Å². The molecule has 0 amide bonds. The number of H-pyrrole nitrogens is 1. The van der Waals surface area contributed by atoms with Gasteiger partial charge in [-0.1, -0.05) is 41.9 Å². The van der Waals surface area contributed by atoms with Gasteiger partial charge >= 0.3 is 0 Å². The minimum atomic E-state index is -0.619. The van der Waals surface area contributed by atoms with Crippen LogP contribution >= 0.6 is 23.4 Å². The van der Waals surface area contributed by atoms with E-state index in [0.717, 1.165) is 17.7 Å². The van der Waals surface area contributed by atoms with Crippen molar-refractivity contribution in [3.8, 4) is 17.3 Å². The zero-order chi connectivity index (χ0) is 21.7. The van der Waals surface area contributed by atoms with Crippen molar-refractivity contribution in [3.05, 3.63) is 47.0 Å². The van der Waals surface area contributed by atoms with Crippen LogP contribution < -0.4 is 4.74 Å². The molecule has 6 rings (SSSR count). The predicted octanol–water partition coefficient (Wildman–Crippen LogP) is 3.70. The third kappa shape index (κ3) is 3.70. The first kappa shape index (κ1) is 20.5. The number of pyridine rings is 1. The maximum Gasteiger partial charge on any atom is 0.296 e. The van der Waals surface area contributed by atoms with Gasteiger partial charge in [-0.05, 0) is 29.4 Å². The molecular weight excluding hydrogens is 450 g/mol. The number of ether oxygens (including phenoxy) is 3. The third-order valence-corrected chi connectivity index (χ3v) is 7.33. The summed E-state index contributed by atoms with van der Waals surface area (Å²) >= 11 is 8.53. The highest BCUT2D eigenvalue weighted by molar-refractivity contribution is 7.99. The predicted molar refractivity (Wildman–Crippen MR) is 124 cm³/mol. The monoisotopic (exact) mass is 471 g/mol. The molecule has 4 atom stereocenters. The number of aromatic amines is 1. The standard InChI is InChI=1S/C23H22ClN3O4S/c24-15-9-16-22(27-23(25-16)31-18-11-30-20-17(28)10-29-21(18)20)26-19(15)14-3-1-12(2-4-14)13-5-7-32-8-6-13/h1-5,9,17-18,20-21,28H,6-8,10-11H2,(H,25,26,27). The number of nitrogens with zero attached hydrogens (tertiary/aromatic N) is 2. The highest BCUT2D eigenvalue weighted by atomic mass is 35.5. The van der Waals surface area contributed by atoms with Gasteiger partial charge in [0.1, 0.15) is 18.3 Å². The molecule has 3 aliphatic rings.